The fraction of sp³-hybridized carbons (Fsp3) is 0.667. The lowest BCUT2D eigenvalue weighted by Crippen LogP contribution is -2.49. The number of likely N-dealkylation sites (N-methyl/N-ethyl adjacent to an activating group) is 1. The number of aromatic nitrogens is 1. The van der Waals surface area contributed by atoms with E-state index in [1.54, 1.807) is 0 Å². The Kier molecular flexibility index (Phi) is 4.84. The predicted molar refractivity (Wildman–Crippen MR) is 92.7 cm³/mol. The Morgan fingerprint density at radius 3 is 2.57 bits per heavy atom. The summed E-state index contributed by atoms with van der Waals surface area (Å²) in [5.41, 5.74) is 1.77. The molecule has 0 aromatic carbocycles. The van der Waals surface area contributed by atoms with E-state index in [4.69, 9.17) is 4.98 Å². The molecule has 2 saturated heterocycles. The minimum absolute atomic E-state index is 0.387. The Bertz CT molecular complexity index is 584. The number of hydrogen-bond acceptors (Lipinski definition) is 5. The lowest BCUT2D eigenvalue weighted by atomic mass is 10.1. The standard InChI is InChI=1S/C18H27N5/c1-14(2)17-5-4-15(12-19)18(20-17)23-7-6-16(13-23)22-10-8-21(3)9-11-22/h4-5,14,16H,6-11,13H2,1-3H3. The fourth-order valence-corrected chi connectivity index (χ4v) is 3.53. The van der Waals surface area contributed by atoms with E-state index >= 15 is 0 Å². The Hall–Kier alpha value is -1.64. The maximum Gasteiger partial charge on any atom is 0.146 e. The van der Waals surface area contributed by atoms with Crippen molar-refractivity contribution in [2.24, 2.45) is 0 Å². The maximum absolute atomic E-state index is 9.42. The molecule has 23 heavy (non-hydrogen) atoms. The normalized spacial score (nSPS) is 23.4. The highest BCUT2D eigenvalue weighted by molar-refractivity contribution is 5.55. The van der Waals surface area contributed by atoms with Crippen molar-refractivity contribution in [2.75, 3.05) is 51.2 Å². The van der Waals surface area contributed by atoms with Gasteiger partial charge in [-0.15, -0.1) is 0 Å². The molecule has 5 nitrogen and oxygen atoms in total. The van der Waals surface area contributed by atoms with Crippen LogP contribution in [-0.2, 0) is 0 Å². The summed E-state index contributed by atoms with van der Waals surface area (Å²) in [6.07, 6.45) is 1.17. The van der Waals surface area contributed by atoms with Crippen molar-refractivity contribution < 1.29 is 0 Å². The number of nitrogens with zero attached hydrogens (tertiary/aromatic N) is 5. The molecule has 1 atom stereocenters. The first-order valence-electron chi connectivity index (χ1n) is 8.67. The summed E-state index contributed by atoms with van der Waals surface area (Å²) in [5, 5.41) is 9.42. The quantitative estimate of drug-likeness (QED) is 0.853. The van der Waals surface area contributed by atoms with E-state index in [9.17, 15) is 5.26 Å². The molecule has 124 valence electrons. The van der Waals surface area contributed by atoms with Crippen LogP contribution in [0.5, 0.6) is 0 Å². The van der Waals surface area contributed by atoms with Gasteiger partial charge in [0.05, 0.1) is 5.56 Å². The van der Waals surface area contributed by atoms with Crippen molar-refractivity contribution in [1.82, 2.24) is 14.8 Å². The van der Waals surface area contributed by atoms with Gasteiger partial charge in [0.2, 0.25) is 0 Å². The first-order chi connectivity index (χ1) is 11.1. The smallest absolute Gasteiger partial charge is 0.146 e. The van der Waals surface area contributed by atoms with Crippen molar-refractivity contribution in [3.05, 3.63) is 23.4 Å². The summed E-state index contributed by atoms with van der Waals surface area (Å²) in [6, 6.07) is 6.83. The van der Waals surface area contributed by atoms with Gasteiger partial charge in [0.25, 0.3) is 0 Å². The van der Waals surface area contributed by atoms with E-state index in [2.05, 4.69) is 41.7 Å². The number of hydrogen-bond donors (Lipinski definition) is 0. The monoisotopic (exact) mass is 313 g/mol. The zero-order valence-electron chi connectivity index (χ0n) is 14.5. The van der Waals surface area contributed by atoms with Crippen LogP contribution in [0.15, 0.2) is 12.1 Å². The molecular weight excluding hydrogens is 286 g/mol. The third kappa shape index (κ3) is 3.49. The third-order valence-corrected chi connectivity index (χ3v) is 5.13. The number of anilines is 1. The van der Waals surface area contributed by atoms with Gasteiger partial charge < -0.3 is 9.80 Å². The van der Waals surface area contributed by atoms with Crippen molar-refractivity contribution in [1.29, 1.82) is 5.26 Å². The van der Waals surface area contributed by atoms with Crippen LogP contribution in [0.25, 0.3) is 0 Å². The summed E-state index contributed by atoms with van der Waals surface area (Å²) >= 11 is 0. The lowest BCUT2D eigenvalue weighted by molar-refractivity contribution is 0.120. The molecule has 2 aliphatic rings. The van der Waals surface area contributed by atoms with E-state index in [1.165, 1.54) is 6.42 Å². The molecule has 0 saturated carbocycles. The van der Waals surface area contributed by atoms with Gasteiger partial charge in [0.15, 0.2) is 0 Å². The predicted octanol–water partition coefficient (Wildman–Crippen LogP) is 1.90. The van der Waals surface area contributed by atoms with Crippen LogP contribution in [0.3, 0.4) is 0 Å². The zero-order valence-corrected chi connectivity index (χ0v) is 14.5. The van der Waals surface area contributed by atoms with Gasteiger partial charge in [-0.1, -0.05) is 13.8 Å². The third-order valence-electron chi connectivity index (χ3n) is 5.13. The van der Waals surface area contributed by atoms with Gasteiger partial charge in [-0.2, -0.15) is 5.26 Å². The van der Waals surface area contributed by atoms with Crippen molar-refractivity contribution in [3.63, 3.8) is 0 Å². The number of rotatable bonds is 3. The highest BCUT2D eigenvalue weighted by Crippen LogP contribution is 2.27. The summed E-state index contributed by atoms with van der Waals surface area (Å²) in [7, 11) is 2.19. The fourth-order valence-electron chi connectivity index (χ4n) is 3.53. The second-order valence-corrected chi connectivity index (χ2v) is 7.10. The largest absolute Gasteiger partial charge is 0.354 e. The molecule has 1 aromatic heterocycles. The lowest BCUT2D eigenvalue weighted by Gasteiger charge is -2.36. The van der Waals surface area contributed by atoms with Crippen molar-refractivity contribution in [3.8, 4) is 6.07 Å². The van der Waals surface area contributed by atoms with E-state index in [-0.39, 0.29) is 0 Å². The van der Waals surface area contributed by atoms with Crippen LogP contribution in [0, 0.1) is 11.3 Å². The first-order valence-corrected chi connectivity index (χ1v) is 8.67. The molecule has 3 heterocycles. The van der Waals surface area contributed by atoms with Crippen LogP contribution in [-0.4, -0.2) is 67.1 Å². The summed E-state index contributed by atoms with van der Waals surface area (Å²) < 4.78 is 0. The topological polar surface area (TPSA) is 46.4 Å². The van der Waals surface area contributed by atoms with Gasteiger partial charge in [0, 0.05) is 51.0 Å². The number of nitriles is 1. The molecule has 0 spiro atoms. The van der Waals surface area contributed by atoms with Crippen LogP contribution in [0.4, 0.5) is 5.82 Å². The van der Waals surface area contributed by atoms with E-state index < -0.39 is 0 Å². The Balaban J connectivity index is 1.73. The number of piperazine rings is 1. The van der Waals surface area contributed by atoms with Crippen LogP contribution in [0.2, 0.25) is 0 Å². The van der Waals surface area contributed by atoms with Gasteiger partial charge in [-0.05, 0) is 31.5 Å². The molecule has 3 rings (SSSR count). The average molecular weight is 313 g/mol. The SMILES string of the molecule is CC(C)c1ccc(C#N)c(N2CCC(N3CCN(C)CC3)C2)n1. The molecule has 0 bridgehead atoms. The molecule has 0 aliphatic carbocycles. The molecule has 1 aromatic rings. The highest BCUT2D eigenvalue weighted by Gasteiger charge is 2.31. The zero-order chi connectivity index (χ0) is 16.4. The van der Waals surface area contributed by atoms with E-state index in [0.29, 0.717) is 17.5 Å². The number of pyridine rings is 1. The van der Waals surface area contributed by atoms with Crippen LogP contribution >= 0.6 is 0 Å². The first kappa shape index (κ1) is 16.2. The average Bonchev–Trinajstić information content (AvgIpc) is 3.04. The molecule has 2 aliphatic heterocycles. The molecule has 0 N–H and O–H groups in total. The van der Waals surface area contributed by atoms with Gasteiger partial charge in [0.1, 0.15) is 11.9 Å². The summed E-state index contributed by atoms with van der Waals surface area (Å²) in [4.78, 5) is 12.1. The van der Waals surface area contributed by atoms with E-state index in [1.807, 2.05) is 12.1 Å². The summed E-state index contributed by atoms with van der Waals surface area (Å²) in [6.45, 7) is 10.9. The minimum atomic E-state index is 0.387. The van der Waals surface area contributed by atoms with Crippen molar-refractivity contribution >= 4 is 5.82 Å². The van der Waals surface area contributed by atoms with Crippen molar-refractivity contribution in [2.45, 2.75) is 32.2 Å². The molecule has 2 fully saturated rings. The van der Waals surface area contributed by atoms with E-state index in [0.717, 1.165) is 50.8 Å². The second kappa shape index (κ2) is 6.86. The Morgan fingerprint density at radius 2 is 1.91 bits per heavy atom. The molecule has 0 radical (unpaired) electrons. The van der Waals surface area contributed by atoms with Gasteiger partial charge >= 0.3 is 0 Å². The second-order valence-electron chi connectivity index (χ2n) is 7.10. The Labute approximate surface area is 139 Å². The van der Waals surface area contributed by atoms with Gasteiger partial charge in [-0.3, -0.25) is 4.90 Å². The maximum atomic E-state index is 9.42. The summed E-state index contributed by atoms with van der Waals surface area (Å²) in [5.74, 6) is 1.27. The van der Waals surface area contributed by atoms with Gasteiger partial charge in [-0.25, -0.2) is 4.98 Å². The molecule has 5 heteroatoms. The highest BCUT2D eigenvalue weighted by atomic mass is 15.3. The Morgan fingerprint density at radius 1 is 1.17 bits per heavy atom. The molecule has 1 unspecified atom stereocenters. The molecule has 0 amide bonds. The van der Waals surface area contributed by atoms with Crippen LogP contribution in [0.1, 0.15) is 37.4 Å². The molecular formula is C18H27N5. The van der Waals surface area contributed by atoms with Crippen LogP contribution < -0.4 is 4.90 Å². The minimum Gasteiger partial charge on any atom is -0.354 e.